The lowest BCUT2D eigenvalue weighted by molar-refractivity contribution is 0.574. The molecule has 2 aromatic heterocycles. The summed E-state index contributed by atoms with van der Waals surface area (Å²) in [5.41, 5.74) is 4.83. The van der Waals surface area contributed by atoms with Crippen molar-refractivity contribution in [3.63, 3.8) is 0 Å². The van der Waals surface area contributed by atoms with E-state index in [1.165, 1.54) is 0 Å². The first-order chi connectivity index (χ1) is 9.92. The number of nitrogens with zero attached hydrogens (tertiary/aromatic N) is 3. The lowest BCUT2D eigenvalue weighted by Gasteiger charge is -2.12. The molecular formula is C15H16BN3OS. The van der Waals surface area contributed by atoms with E-state index < -0.39 is 0 Å². The van der Waals surface area contributed by atoms with E-state index in [2.05, 4.69) is 11.2 Å². The minimum absolute atomic E-state index is 0.410. The molecule has 0 saturated carbocycles. The number of allylic oxidation sites excluding steroid dienone is 1. The van der Waals surface area contributed by atoms with Crippen molar-refractivity contribution in [1.29, 1.82) is 5.26 Å². The molecule has 2 heterocycles. The van der Waals surface area contributed by atoms with Gasteiger partial charge in [0, 0.05) is 28.7 Å². The summed E-state index contributed by atoms with van der Waals surface area (Å²) < 4.78 is 6.86. The zero-order valence-corrected chi connectivity index (χ0v) is 13.6. The Morgan fingerprint density at radius 1 is 1.33 bits per heavy atom. The average molecular weight is 297 g/mol. The van der Waals surface area contributed by atoms with Crippen molar-refractivity contribution in [3.05, 3.63) is 38.3 Å². The van der Waals surface area contributed by atoms with Gasteiger partial charge in [0.2, 0.25) is 0 Å². The molecule has 0 atom stereocenters. The molecule has 0 spiro atoms. The molecular weight excluding hydrogens is 281 g/mol. The maximum Gasteiger partial charge on any atom is 0.374 e. The molecule has 0 aliphatic heterocycles. The highest BCUT2D eigenvalue weighted by molar-refractivity contribution is 7.10. The maximum atomic E-state index is 9.64. The summed E-state index contributed by atoms with van der Waals surface area (Å²) in [6.07, 6.45) is 0. The van der Waals surface area contributed by atoms with Crippen LogP contribution in [-0.4, -0.2) is 17.8 Å². The summed E-state index contributed by atoms with van der Waals surface area (Å²) in [5.74, 6) is 0.410. The second-order valence-corrected chi connectivity index (χ2v) is 6.04. The van der Waals surface area contributed by atoms with Crippen molar-refractivity contribution in [1.82, 2.24) is 9.78 Å². The van der Waals surface area contributed by atoms with Gasteiger partial charge in [0.25, 0.3) is 0 Å². The third-order valence-corrected chi connectivity index (χ3v) is 4.63. The summed E-state index contributed by atoms with van der Waals surface area (Å²) in [7, 11) is 7.34. The largest absolute Gasteiger partial charge is 0.566 e. The van der Waals surface area contributed by atoms with Gasteiger partial charge in [-0.2, -0.15) is 10.4 Å². The van der Waals surface area contributed by atoms with Gasteiger partial charge in [-0.3, -0.25) is 4.68 Å². The molecule has 0 bridgehead atoms. The molecule has 0 aliphatic rings. The summed E-state index contributed by atoms with van der Waals surface area (Å²) in [5, 5.41) is 16.0. The number of hydrogen-bond donors (Lipinski definition) is 0. The topological polar surface area (TPSA) is 50.8 Å². The Kier molecular flexibility index (Phi) is 4.24. The Hall–Kier alpha value is -2.00. The van der Waals surface area contributed by atoms with E-state index in [0.717, 1.165) is 33.0 Å². The third-order valence-electron chi connectivity index (χ3n) is 3.60. The number of nitriles is 1. The van der Waals surface area contributed by atoms with Crippen LogP contribution in [0.15, 0.2) is 5.38 Å². The van der Waals surface area contributed by atoms with E-state index in [1.807, 2.05) is 40.1 Å². The van der Waals surface area contributed by atoms with Crippen LogP contribution in [0.2, 0.25) is 0 Å². The Morgan fingerprint density at radius 3 is 2.38 bits per heavy atom. The van der Waals surface area contributed by atoms with Crippen molar-refractivity contribution in [3.8, 4) is 6.07 Å². The first-order valence-electron chi connectivity index (χ1n) is 6.49. The van der Waals surface area contributed by atoms with Crippen molar-refractivity contribution in [2.75, 3.05) is 0 Å². The van der Waals surface area contributed by atoms with Crippen molar-refractivity contribution >= 4 is 30.7 Å². The standard InChI is InChI=1S/C15H16BN3OS/c1-8-7-21-11(4)13(8)15(20-16)12(6-17)14-9(2)18-19(5)10(14)3/h7H,1-5H3. The van der Waals surface area contributed by atoms with Crippen LogP contribution in [0, 0.1) is 39.0 Å². The molecule has 2 aromatic rings. The van der Waals surface area contributed by atoms with Gasteiger partial charge in [-0.05, 0) is 38.6 Å². The van der Waals surface area contributed by atoms with Crippen LogP contribution in [-0.2, 0) is 11.7 Å². The summed E-state index contributed by atoms with van der Waals surface area (Å²) >= 11 is 1.61. The molecule has 21 heavy (non-hydrogen) atoms. The molecule has 2 rings (SSSR count). The fraction of sp³-hybridized carbons (Fsp3) is 0.333. The fourth-order valence-corrected chi connectivity index (χ4v) is 3.35. The van der Waals surface area contributed by atoms with E-state index in [0.29, 0.717) is 11.3 Å². The van der Waals surface area contributed by atoms with E-state index >= 15 is 0 Å². The maximum absolute atomic E-state index is 9.64. The van der Waals surface area contributed by atoms with Gasteiger partial charge in [-0.15, -0.1) is 11.3 Å². The Morgan fingerprint density at radius 2 is 2.00 bits per heavy atom. The van der Waals surface area contributed by atoms with Crippen molar-refractivity contribution in [2.24, 2.45) is 7.05 Å². The smallest absolute Gasteiger partial charge is 0.374 e. The molecule has 0 fully saturated rings. The summed E-state index contributed by atoms with van der Waals surface area (Å²) in [6, 6.07) is 2.23. The first kappa shape index (κ1) is 15.4. The van der Waals surface area contributed by atoms with Crippen LogP contribution in [0.1, 0.15) is 33.0 Å². The number of hydrogen-bond acceptors (Lipinski definition) is 4. The van der Waals surface area contributed by atoms with Crippen LogP contribution in [0.25, 0.3) is 11.3 Å². The molecule has 0 saturated heterocycles. The normalized spacial score (nSPS) is 12.0. The minimum atomic E-state index is 0.410. The highest BCUT2D eigenvalue weighted by Crippen LogP contribution is 2.35. The van der Waals surface area contributed by atoms with Crippen LogP contribution < -0.4 is 0 Å². The lowest BCUT2D eigenvalue weighted by Crippen LogP contribution is -1.99. The molecule has 2 radical (unpaired) electrons. The average Bonchev–Trinajstić information content (AvgIpc) is 2.89. The second-order valence-electron chi connectivity index (χ2n) is 4.95. The first-order valence-corrected chi connectivity index (χ1v) is 7.37. The summed E-state index contributed by atoms with van der Waals surface area (Å²) in [6.45, 7) is 7.77. The van der Waals surface area contributed by atoms with Gasteiger partial charge in [0.05, 0.1) is 5.69 Å². The fourth-order valence-electron chi connectivity index (χ4n) is 2.51. The van der Waals surface area contributed by atoms with Crippen LogP contribution in [0.5, 0.6) is 0 Å². The zero-order chi connectivity index (χ0) is 15.7. The molecule has 0 aliphatic carbocycles. The van der Waals surface area contributed by atoms with Gasteiger partial charge in [0.1, 0.15) is 17.4 Å². The monoisotopic (exact) mass is 297 g/mol. The number of thiophene rings is 1. The molecule has 0 amide bonds. The van der Waals surface area contributed by atoms with Gasteiger partial charge >= 0.3 is 8.05 Å². The predicted molar refractivity (Wildman–Crippen MR) is 85.7 cm³/mol. The molecule has 0 aromatic carbocycles. The molecule has 106 valence electrons. The minimum Gasteiger partial charge on any atom is -0.566 e. The zero-order valence-electron chi connectivity index (χ0n) is 12.8. The van der Waals surface area contributed by atoms with E-state index in [1.54, 1.807) is 16.0 Å². The van der Waals surface area contributed by atoms with E-state index in [-0.39, 0.29) is 0 Å². The summed E-state index contributed by atoms with van der Waals surface area (Å²) in [4.78, 5) is 1.07. The molecule has 4 nitrogen and oxygen atoms in total. The number of rotatable bonds is 3. The third kappa shape index (κ3) is 2.49. The quantitative estimate of drug-likeness (QED) is 0.496. The van der Waals surface area contributed by atoms with Crippen LogP contribution in [0.3, 0.4) is 0 Å². The van der Waals surface area contributed by atoms with Crippen molar-refractivity contribution in [2.45, 2.75) is 27.7 Å². The van der Waals surface area contributed by atoms with Gasteiger partial charge in [0.15, 0.2) is 0 Å². The Bertz CT molecular complexity index is 745. The predicted octanol–water partition coefficient (Wildman–Crippen LogP) is 3.21. The second kappa shape index (κ2) is 5.78. The Labute approximate surface area is 130 Å². The van der Waals surface area contributed by atoms with Gasteiger partial charge < -0.3 is 4.65 Å². The van der Waals surface area contributed by atoms with Gasteiger partial charge in [-0.25, -0.2) is 0 Å². The molecule has 6 heteroatoms. The highest BCUT2D eigenvalue weighted by atomic mass is 32.1. The number of aryl methyl sites for hydroxylation is 4. The van der Waals surface area contributed by atoms with Crippen molar-refractivity contribution < 1.29 is 4.65 Å². The number of aromatic nitrogens is 2. The van der Waals surface area contributed by atoms with Crippen LogP contribution in [0.4, 0.5) is 0 Å². The van der Waals surface area contributed by atoms with E-state index in [9.17, 15) is 5.26 Å². The lowest BCUT2D eigenvalue weighted by atomic mass is 9.98. The van der Waals surface area contributed by atoms with Crippen LogP contribution >= 0.6 is 11.3 Å². The highest BCUT2D eigenvalue weighted by Gasteiger charge is 2.22. The SMILES string of the molecule is [B]OC(=C(C#N)c1c(C)nn(C)c1C)c1c(C)csc1C. The Balaban J connectivity index is 2.80. The van der Waals surface area contributed by atoms with Gasteiger partial charge in [-0.1, -0.05) is 0 Å². The molecule has 0 N–H and O–H groups in total. The molecule has 0 unspecified atom stereocenters. The van der Waals surface area contributed by atoms with E-state index in [4.69, 9.17) is 12.7 Å².